The molecule has 0 aromatic rings. The summed E-state index contributed by atoms with van der Waals surface area (Å²) in [6.07, 6.45) is 6.61. The highest BCUT2D eigenvalue weighted by molar-refractivity contribution is 4.81. The van der Waals surface area contributed by atoms with E-state index in [1.165, 1.54) is 38.8 Å². The second kappa shape index (κ2) is 5.50. The lowest BCUT2D eigenvalue weighted by molar-refractivity contribution is -0.940. The fourth-order valence-corrected chi connectivity index (χ4v) is 4.02. The van der Waals surface area contributed by atoms with Crippen molar-refractivity contribution in [1.82, 2.24) is 0 Å². The van der Waals surface area contributed by atoms with E-state index >= 15 is 0 Å². The van der Waals surface area contributed by atoms with E-state index < -0.39 is 0 Å². The van der Waals surface area contributed by atoms with E-state index in [-0.39, 0.29) is 0 Å². The molecule has 1 N–H and O–H groups in total. The monoisotopic (exact) mass is 254 g/mol. The Bertz CT molecular complexity index is 253. The second-order valence-corrected chi connectivity index (χ2v) is 7.74. The SMILES string of the molecule is C[C@@H]1C[NH+](C2CCC(C(C)(C)C)CC2)C[C@H](C)O1. The number of morpholine rings is 1. The Hall–Kier alpha value is -0.0800. The molecule has 1 saturated heterocycles. The minimum absolute atomic E-state index is 0.448. The normalized spacial score (nSPS) is 42.8. The van der Waals surface area contributed by atoms with E-state index in [0.29, 0.717) is 17.6 Å². The summed E-state index contributed by atoms with van der Waals surface area (Å²) in [5.41, 5.74) is 0.506. The van der Waals surface area contributed by atoms with E-state index in [2.05, 4.69) is 34.6 Å². The van der Waals surface area contributed by atoms with Crippen LogP contribution < -0.4 is 4.90 Å². The van der Waals surface area contributed by atoms with Crippen LogP contribution in [0.1, 0.15) is 60.3 Å². The standard InChI is InChI=1S/C16H31NO/c1-12-10-17(11-13(2)18-12)15-8-6-14(7-9-15)16(3,4)5/h12-15H,6-11H2,1-5H3/p+1/t12-,13+,14?,15?. The van der Waals surface area contributed by atoms with Gasteiger partial charge in [-0.25, -0.2) is 0 Å². The van der Waals surface area contributed by atoms with Crippen LogP contribution >= 0.6 is 0 Å². The largest absolute Gasteiger partial charge is 0.364 e. The van der Waals surface area contributed by atoms with Gasteiger partial charge >= 0.3 is 0 Å². The van der Waals surface area contributed by atoms with Crippen molar-refractivity contribution in [3.05, 3.63) is 0 Å². The van der Waals surface area contributed by atoms with Crippen molar-refractivity contribution in [3.8, 4) is 0 Å². The maximum absolute atomic E-state index is 5.86. The van der Waals surface area contributed by atoms with Gasteiger partial charge in [0, 0.05) is 0 Å². The molecular weight excluding hydrogens is 222 g/mol. The van der Waals surface area contributed by atoms with Gasteiger partial charge in [-0.3, -0.25) is 0 Å². The summed E-state index contributed by atoms with van der Waals surface area (Å²) in [5, 5.41) is 0. The van der Waals surface area contributed by atoms with Crippen molar-refractivity contribution in [2.24, 2.45) is 11.3 Å². The summed E-state index contributed by atoms with van der Waals surface area (Å²) in [6.45, 7) is 14.1. The molecule has 3 atom stereocenters. The molecule has 0 aromatic carbocycles. The number of hydrogen-bond donors (Lipinski definition) is 1. The Morgan fingerprint density at radius 3 is 1.83 bits per heavy atom. The third-order valence-electron chi connectivity index (χ3n) is 5.09. The van der Waals surface area contributed by atoms with Crippen LogP contribution in [0.2, 0.25) is 0 Å². The lowest BCUT2D eigenvalue weighted by Gasteiger charge is -2.42. The molecule has 2 aliphatic rings. The summed E-state index contributed by atoms with van der Waals surface area (Å²) in [6, 6.07) is 0.900. The number of rotatable bonds is 1. The highest BCUT2D eigenvalue weighted by atomic mass is 16.5. The first kappa shape index (κ1) is 14.3. The van der Waals surface area contributed by atoms with E-state index in [1.807, 2.05) is 4.90 Å². The first-order chi connectivity index (χ1) is 8.36. The van der Waals surface area contributed by atoms with Crippen LogP contribution in [0.5, 0.6) is 0 Å². The van der Waals surface area contributed by atoms with Gasteiger partial charge < -0.3 is 9.64 Å². The lowest BCUT2D eigenvalue weighted by Crippen LogP contribution is -3.19. The molecule has 0 bridgehead atoms. The zero-order chi connectivity index (χ0) is 13.3. The van der Waals surface area contributed by atoms with Crippen molar-refractivity contribution in [2.75, 3.05) is 13.1 Å². The van der Waals surface area contributed by atoms with Gasteiger partial charge in [0.2, 0.25) is 0 Å². The molecule has 0 aromatic heterocycles. The Labute approximate surface area is 113 Å². The molecule has 2 nitrogen and oxygen atoms in total. The summed E-state index contributed by atoms with van der Waals surface area (Å²) in [4.78, 5) is 1.81. The van der Waals surface area contributed by atoms with Crippen LogP contribution in [0.4, 0.5) is 0 Å². The second-order valence-electron chi connectivity index (χ2n) is 7.74. The molecule has 1 aliphatic heterocycles. The van der Waals surface area contributed by atoms with E-state index in [0.717, 1.165) is 12.0 Å². The van der Waals surface area contributed by atoms with Gasteiger partial charge in [-0.15, -0.1) is 0 Å². The maximum Gasteiger partial charge on any atom is 0.104 e. The average molecular weight is 254 g/mol. The van der Waals surface area contributed by atoms with Crippen LogP contribution in [0.15, 0.2) is 0 Å². The number of hydrogen-bond acceptors (Lipinski definition) is 1. The zero-order valence-electron chi connectivity index (χ0n) is 13.0. The van der Waals surface area contributed by atoms with Crippen molar-refractivity contribution in [3.63, 3.8) is 0 Å². The zero-order valence-corrected chi connectivity index (χ0v) is 13.0. The third-order valence-corrected chi connectivity index (χ3v) is 5.09. The van der Waals surface area contributed by atoms with Crippen LogP contribution in [0.3, 0.4) is 0 Å². The van der Waals surface area contributed by atoms with Crippen molar-refractivity contribution < 1.29 is 9.64 Å². The third kappa shape index (κ3) is 3.48. The van der Waals surface area contributed by atoms with Gasteiger partial charge in [0.15, 0.2) is 0 Å². The van der Waals surface area contributed by atoms with Gasteiger partial charge in [0.25, 0.3) is 0 Å². The topological polar surface area (TPSA) is 13.7 Å². The maximum atomic E-state index is 5.86. The predicted molar refractivity (Wildman–Crippen MR) is 75.9 cm³/mol. The van der Waals surface area contributed by atoms with Gasteiger partial charge in [-0.05, 0) is 50.9 Å². The Kier molecular flexibility index (Phi) is 4.38. The molecule has 0 spiro atoms. The van der Waals surface area contributed by atoms with Gasteiger partial charge in [0.05, 0.1) is 6.04 Å². The fraction of sp³-hybridized carbons (Fsp3) is 1.00. The summed E-state index contributed by atoms with van der Waals surface area (Å²) in [5.74, 6) is 0.934. The molecule has 0 amide bonds. The van der Waals surface area contributed by atoms with Crippen LogP contribution in [0.25, 0.3) is 0 Å². The molecule has 1 aliphatic carbocycles. The highest BCUT2D eigenvalue weighted by Gasteiger charge is 2.36. The Balaban J connectivity index is 1.86. The van der Waals surface area contributed by atoms with Crippen LogP contribution in [0, 0.1) is 11.3 Å². The van der Waals surface area contributed by atoms with Crippen LogP contribution in [-0.4, -0.2) is 31.3 Å². The highest BCUT2D eigenvalue weighted by Crippen LogP contribution is 2.37. The molecule has 2 rings (SSSR count). The average Bonchev–Trinajstić information content (AvgIpc) is 2.27. The number of quaternary nitrogens is 1. The Morgan fingerprint density at radius 2 is 1.39 bits per heavy atom. The molecule has 1 saturated carbocycles. The van der Waals surface area contributed by atoms with Crippen molar-refractivity contribution >= 4 is 0 Å². The van der Waals surface area contributed by atoms with E-state index in [1.54, 1.807) is 0 Å². The number of nitrogens with one attached hydrogen (secondary N) is 1. The quantitative estimate of drug-likeness (QED) is 0.758. The van der Waals surface area contributed by atoms with Crippen LogP contribution in [-0.2, 0) is 4.74 Å². The minimum Gasteiger partial charge on any atom is -0.364 e. The summed E-state index contributed by atoms with van der Waals surface area (Å²) in [7, 11) is 0. The fourth-order valence-electron chi connectivity index (χ4n) is 4.02. The summed E-state index contributed by atoms with van der Waals surface area (Å²) >= 11 is 0. The summed E-state index contributed by atoms with van der Waals surface area (Å²) < 4.78 is 5.86. The molecule has 2 heteroatoms. The van der Waals surface area contributed by atoms with Gasteiger partial charge in [0.1, 0.15) is 25.3 Å². The predicted octanol–water partition coefficient (Wildman–Crippen LogP) is 2.28. The lowest BCUT2D eigenvalue weighted by atomic mass is 9.71. The number of ether oxygens (including phenoxy) is 1. The van der Waals surface area contributed by atoms with Crippen molar-refractivity contribution in [2.45, 2.75) is 78.6 Å². The van der Waals surface area contributed by atoms with E-state index in [4.69, 9.17) is 4.74 Å². The smallest absolute Gasteiger partial charge is 0.104 e. The molecular formula is C16H32NO+. The first-order valence-corrected chi connectivity index (χ1v) is 7.86. The van der Waals surface area contributed by atoms with E-state index in [9.17, 15) is 0 Å². The molecule has 1 unspecified atom stereocenters. The first-order valence-electron chi connectivity index (χ1n) is 7.86. The van der Waals surface area contributed by atoms with Crippen molar-refractivity contribution in [1.29, 1.82) is 0 Å². The molecule has 18 heavy (non-hydrogen) atoms. The van der Waals surface area contributed by atoms with Gasteiger partial charge in [-0.1, -0.05) is 20.8 Å². The molecule has 1 heterocycles. The molecule has 2 fully saturated rings. The minimum atomic E-state index is 0.448. The molecule has 0 radical (unpaired) electrons. The Morgan fingerprint density at radius 1 is 0.889 bits per heavy atom. The van der Waals surface area contributed by atoms with Gasteiger partial charge in [-0.2, -0.15) is 0 Å². The molecule has 106 valence electrons.